The molecule has 0 radical (unpaired) electrons. The Balaban J connectivity index is 0.885. The Bertz CT molecular complexity index is 1520. The maximum absolute atomic E-state index is 12.2. The predicted molar refractivity (Wildman–Crippen MR) is 181 cm³/mol. The molecule has 0 spiro atoms. The zero-order valence-corrected chi connectivity index (χ0v) is 27.6. The van der Waals surface area contributed by atoms with Crippen molar-refractivity contribution in [3.63, 3.8) is 0 Å². The van der Waals surface area contributed by atoms with Crippen molar-refractivity contribution in [2.24, 2.45) is 13.0 Å². The minimum Gasteiger partial charge on any atom is -0.478 e. The van der Waals surface area contributed by atoms with Crippen molar-refractivity contribution < 1.29 is 19.0 Å². The van der Waals surface area contributed by atoms with Crippen LogP contribution in [0.3, 0.4) is 0 Å². The fourth-order valence-electron chi connectivity index (χ4n) is 6.18. The molecule has 0 unspecified atom stereocenters. The molecule has 0 N–H and O–H groups in total. The number of aryl methyl sites for hydroxylation is 1. The Labute approximate surface area is 268 Å². The number of fused-ring (bicyclic) bond motifs is 3. The maximum Gasteiger partial charge on any atom is 0.410 e. The van der Waals surface area contributed by atoms with Gasteiger partial charge in [-0.1, -0.05) is 31.4 Å². The van der Waals surface area contributed by atoms with E-state index in [9.17, 15) is 4.79 Å². The zero-order chi connectivity index (χ0) is 31.6. The van der Waals surface area contributed by atoms with Crippen molar-refractivity contribution in [3.8, 4) is 17.0 Å². The van der Waals surface area contributed by atoms with Crippen LogP contribution in [-0.2, 0) is 16.5 Å². The minimum atomic E-state index is -0.425. The van der Waals surface area contributed by atoms with Crippen LogP contribution in [0.1, 0.15) is 78.6 Å². The Morgan fingerprint density at radius 2 is 1.58 bits per heavy atom. The summed E-state index contributed by atoms with van der Waals surface area (Å²) < 4.78 is 19.5. The average Bonchev–Trinajstić information content (AvgIpc) is 3.32. The van der Waals surface area contributed by atoms with Gasteiger partial charge in [0.25, 0.3) is 0 Å². The summed E-state index contributed by atoms with van der Waals surface area (Å²) in [6.07, 6.45) is 15.6. The van der Waals surface area contributed by atoms with Gasteiger partial charge < -0.3 is 23.7 Å². The molecule has 0 atom stereocenters. The molecule has 242 valence electrons. The highest BCUT2D eigenvalue weighted by atomic mass is 16.6. The third-order valence-electron chi connectivity index (χ3n) is 8.73. The Kier molecular flexibility index (Phi) is 11.3. The first-order valence-electron chi connectivity index (χ1n) is 16.8. The third-order valence-corrected chi connectivity index (χ3v) is 8.73. The lowest BCUT2D eigenvalue weighted by Crippen LogP contribution is -2.41. The first kappa shape index (κ1) is 32.7. The first-order valence-corrected chi connectivity index (χ1v) is 16.8. The van der Waals surface area contributed by atoms with Gasteiger partial charge in [0, 0.05) is 79.9 Å². The van der Waals surface area contributed by atoms with Crippen LogP contribution in [0.2, 0.25) is 0 Å². The van der Waals surface area contributed by atoms with E-state index < -0.39 is 5.60 Å². The molecule has 45 heavy (non-hydrogen) atoms. The van der Waals surface area contributed by atoms with Crippen molar-refractivity contribution in [2.75, 3.05) is 32.9 Å². The van der Waals surface area contributed by atoms with E-state index in [2.05, 4.69) is 51.9 Å². The van der Waals surface area contributed by atoms with Gasteiger partial charge in [0.1, 0.15) is 5.60 Å². The van der Waals surface area contributed by atoms with Gasteiger partial charge in [-0.15, -0.1) is 0 Å². The van der Waals surface area contributed by atoms with Crippen LogP contribution in [0.5, 0.6) is 5.88 Å². The normalized spacial score (nSPS) is 14.4. The Hall–Kier alpha value is -3.65. The van der Waals surface area contributed by atoms with Crippen molar-refractivity contribution in [1.29, 1.82) is 0 Å². The van der Waals surface area contributed by atoms with Crippen LogP contribution in [0.4, 0.5) is 4.79 Å². The highest BCUT2D eigenvalue weighted by molar-refractivity contribution is 6.08. The fraction of sp³-hybridized carbons (Fsp3) is 0.541. The molecule has 4 aromatic rings. The number of nitrogens with zero attached hydrogens (tertiary/aromatic N) is 4. The fourth-order valence-corrected chi connectivity index (χ4v) is 6.18. The quantitative estimate of drug-likeness (QED) is 0.132. The second kappa shape index (κ2) is 15.6. The van der Waals surface area contributed by atoms with E-state index in [1.807, 2.05) is 50.3 Å². The van der Waals surface area contributed by atoms with Crippen LogP contribution >= 0.6 is 0 Å². The van der Waals surface area contributed by atoms with E-state index in [-0.39, 0.29) is 6.09 Å². The molecule has 5 rings (SSSR count). The highest BCUT2D eigenvalue weighted by Crippen LogP contribution is 2.31. The number of amides is 1. The number of likely N-dealkylation sites (tertiary alicyclic amines) is 1. The SMILES string of the molecule is Cn1c2ccncc2c2ccc(-c3ccc(OCCCCCOCCCCCC4CCN(C(=O)OC(C)(C)C)CC4)nc3)cc21. The molecule has 0 aliphatic carbocycles. The van der Waals surface area contributed by atoms with Gasteiger partial charge in [-0.05, 0) is 89.0 Å². The summed E-state index contributed by atoms with van der Waals surface area (Å²) in [6.45, 7) is 9.72. The molecule has 0 bridgehead atoms. The summed E-state index contributed by atoms with van der Waals surface area (Å²) in [5.74, 6) is 1.39. The molecule has 4 heterocycles. The summed E-state index contributed by atoms with van der Waals surface area (Å²) in [7, 11) is 2.10. The van der Waals surface area contributed by atoms with Crippen LogP contribution in [0.25, 0.3) is 32.9 Å². The standard InChI is InChI=1S/C37H50N4O4/c1-37(2,3)45-36(42)41-20-17-28(18-21-41)11-7-5-8-22-43-23-9-6-10-24-44-35-15-13-30(26-39-35)29-12-14-31-32-27-38-19-16-33(32)40(4)34(31)25-29/h12-16,19,25-28H,5-11,17-18,20-24H2,1-4H3. The number of ether oxygens (including phenoxy) is 3. The number of benzene rings is 1. The zero-order valence-electron chi connectivity index (χ0n) is 27.6. The molecule has 1 aliphatic rings. The van der Waals surface area contributed by atoms with Gasteiger partial charge in [-0.2, -0.15) is 0 Å². The molecule has 1 amide bonds. The summed E-state index contributed by atoms with van der Waals surface area (Å²) in [6, 6.07) is 12.6. The topological polar surface area (TPSA) is 78.7 Å². The molecule has 3 aromatic heterocycles. The molecular formula is C37H50N4O4. The predicted octanol–water partition coefficient (Wildman–Crippen LogP) is 8.56. The highest BCUT2D eigenvalue weighted by Gasteiger charge is 2.26. The smallest absolute Gasteiger partial charge is 0.410 e. The van der Waals surface area contributed by atoms with Crippen molar-refractivity contribution in [3.05, 3.63) is 55.0 Å². The summed E-state index contributed by atoms with van der Waals surface area (Å²) in [5.41, 5.74) is 4.16. The van der Waals surface area contributed by atoms with E-state index in [0.29, 0.717) is 12.5 Å². The van der Waals surface area contributed by atoms with E-state index in [1.54, 1.807) is 0 Å². The monoisotopic (exact) mass is 614 g/mol. The molecule has 1 aliphatic heterocycles. The van der Waals surface area contributed by atoms with Crippen molar-refractivity contribution >= 4 is 27.9 Å². The molecule has 1 fully saturated rings. The minimum absolute atomic E-state index is 0.168. The maximum atomic E-state index is 12.2. The summed E-state index contributed by atoms with van der Waals surface area (Å²) in [4.78, 5) is 22.9. The lowest BCUT2D eigenvalue weighted by atomic mass is 9.91. The third kappa shape index (κ3) is 9.19. The van der Waals surface area contributed by atoms with Gasteiger partial charge in [-0.25, -0.2) is 9.78 Å². The Morgan fingerprint density at radius 3 is 2.31 bits per heavy atom. The van der Waals surface area contributed by atoms with Crippen molar-refractivity contribution in [2.45, 2.75) is 84.2 Å². The van der Waals surface area contributed by atoms with E-state index >= 15 is 0 Å². The number of piperidine rings is 1. The van der Waals surface area contributed by atoms with E-state index in [1.165, 1.54) is 41.1 Å². The number of hydrogen-bond donors (Lipinski definition) is 0. The van der Waals surface area contributed by atoms with Gasteiger partial charge >= 0.3 is 6.09 Å². The molecule has 1 saturated heterocycles. The van der Waals surface area contributed by atoms with Crippen LogP contribution in [0.15, 0.2) is 55.0 Å². The lowest BCUT2D eigenvalue weighted by molar-refractivity contribution is 0.0180. The van der Waals surface area contributed by atoms with Crippen molar-refractivity contribution in [1.82, 2.24) is 19.4 Å². The van der Waals surface area contributed by atoms with Gasteiger partial charge in [0.15, 0.2) is 0 Å². The second-order valence-corrected chi connectivity index (χ2v) is 13.4. The number of carbonyl (C=O) groups is 1. The molecule has 8 nitrogen and oxygen atoms in total. The number of rotatable bonds is 14. The second-order valence-electron chi connectivity index (χ2n) is 13.4. The number of pyridine rings is 2. The van der Waals surface area contributed by atoms with Gasteiger partial charge in [-0.3, -0.25) is 4.98 Å². The average molecular weight is 615 g/mol. The Morgan fingerprint density at radius 1 is 0.844 bits per heavy atom. The number of unbranched alkanes of at least 4 members (excludes halogenated alkanes) is 4. The van der Waals surface area contributed by atoms with Gasteiger partial charge in [0.2, 0.25) is 5.88 Å². The van der Waals surface area contributed by atoms with E-state index in [4.69, 9.17) is 14.2 Å². The van der Waals surface area contributed by atoms with Gasteiger partial charge in [0.05, 0.1) is 12.1 Å². The number of carbonyl (C=O) groups excluding carboxylic acids is 1. The molecule has 8 heteroatoms. The largest absolute Gasteiger partial charge is 0.478 e. The number of hydrogen-bond acceptors (Lipinski definition) is 6. The summed E-state index contributed by atoms with van der Waals surface area (Å²) in [5, 5.41) is 2.39. The summed E-state index contributed by atoms with van der Waals surface area (Å²) >= 11 is 0. The van der Waals surface area contributed by atoms with Crippen LogP contribution in [0, 0.1) is 5.92 Å². The van der Waals surface area contributed by atoms with Crippen LogP contribution in [-0.4, -0.2) is 64.0 Å². The number of aromatic nitrogens is 3. The molecule has 0 saturated carbocycles. The van der Waals surface area contributed by atoms with Crippen LogP contribution < -0.4 is 4.74 Å². The molecular weight excluding hydrogens is 564 g/mol. The molecule has 1 aromatic carbocycles. The first-order chi connectivity index (χ1) is 21.8. The van der Waals surface area contributed by atoms with E-state index in [0.717, 1.165) is 81.9 Å². The lowest BCUT2D eigenvalue weighted by Gasteiger charge is -2.33.